The number of fused-ring (bicyclic) bond motifs is 2. The largest absolute Gasteiger partial charge is 0.512 e. The molecule has 0 fully saturated rings. The Morgan fingerprint density at radius 1 is 0.972 bits per heavy atom. The number of aromatic nitrogens is 1. The Morgan fingerprint density at radius 2 is 1.78 bits per heavy atom. The zero-order chi connectivity index (χ0) is 25.5. The molecule has 0 unspecified atom stereocenters. The van der Waals surface area contributed by atoms with Gasteiger partial charge in [-0.25, -0.2) is 9.18 Å². The molecular formula is C29H33FN2O4. The van der Waals surface area contributed by atoms with Gasteiger partial charge in [0, 0.05) is 22.9 Å². The molecule has 0 radical (unpaired) electrons. The van der Waals surface area contributed by atoms with Crippen LogP contribution in [0.15, 0.2) is 60.7 Å². The Bertz CT molecular complexity index is 1330. The third-order valence-electron chi connectivity index (χ3n) is 6.33. The van der Waals surface area contributed by atoms with Crippen LogP contribution >= 0.6 is 0 Å². The molecule has 190 valence electrons. The highest BCUT2D eigenvalue weighted by atomic mass is 19.1. The second kappa shape index (κ2) is 11.9. The fraction of sp³-hybridized carbons (Fsp3) is 0.345. The van der Waals surface area contributed by atoms with Gasteiger partial charge in [-0.3, -0.25) is 0 Å². The van der Waals surface area contributed by atoms with Gasteiger partial charge in [0.25, 0.3) is 0 Å². The maximum absolute atomic E-state index is 14.2. The standard InChI is InChI=1S/C29H33FN2O4/c1-31(2)17-7-3-4-13-24-25-20-22(30)15-16-26(25)32(28(24)36-29(33)34)18-9-19-35-27-14-8-11-21-10-5-6-12-23(21)27/h5-6,8,10-12,14-16,20H,3-4,7,9,13,17-19H2,1-2H3,(H,33,34). The van der Waals surface area contributed by atoms with E-state index in [4.69, 9.17) is 9.47 Å². The molecule has 36 heavy (non-hydrogen) atoms. The van der Waals surface area contributed by atoms with Crippen LogP contribution in [0.3, 0.4) is 0 Å². The highest BCUT2D eigenvalue weighted by Gasteiger charge is 2.21. The fourth-order valence-electron chi connectivity index (χ4n) is 4.67. The number of nitrogens with zero attached hydrogens (tertiary/aromatic N) is 2. The molecular weight excluding hydrogens is 459 g/mol. The monoisotopic (exact) mass is 492 g/mol. The molecule has 0 atom stereocenters. The van der Waals surface area contributed by atoms with E-state index in [1.807, 2.05) is 61.1 Å². The van der Waals surface area contributed by atoms with Gasteiger partial charge in [0.1, 0.15) is 11.6 Å². The van der Waals surface area contributed by atoms with Gasteiger partial charge < -0.3 is 24.0 Å². The Kier molecular flexibility index (Phi) is 8.44. The van der Waals surface area contributed by atoms with Crippen LogP contribution in [-0.2, 0) is 13.0 Å². The van der Waals surface area contributed by atoms with Gasteiger partial charge in [0.15, 0.2) is 0 Å². The van der Waals surface area contributed by atoms with E-state index in [0.717, 1.165) is 53.4 Å². The Morgan fingerprint density at radius 3 is 2.58 bits per heavy atom. The summed E-state index contributed by atoms with van der Waals surface area (Å²) in [6, 6.07) is 18.6. The van der Waals surface area contributed by atoms with Crippen molar-refractivity contribution in [1.29, 1.82) is 0 Å². The first-order valence-corrected chi connectivity index (χ1v) is 12.4. The topological polar surface area (TPSA) is 63.9 Å². The Hall–Kier alpha value is -3.58. The van der Waals surface area contributed by atoms with Gasteiger partial charge in [-0.15, -0.1) is 0 Å². The number of carboxylic acid groups (broad SMARTS) is 1. The van der Waals surface area contributed by atoms with E-state index in [0.29, 0.717) is 31.4 Å². The summed E-state index contributed by atoms with van der Waals surface area (Å²) in [5.74, 6) is 0.739. The number of hydrogen-bond donors (Lipinski definition) is 1. The second-order valence-corrected chi connectivity index (χ2v) is 9.26. The van der Waals surface area contributed by atoms with Crippen molar-refractivity contribution in [3.63, 3.8) is 0 Å². The number of hydrogen-bond acceptors (Lipinski definition) is 4. The first-order valence-electron chi connectivity index (χ1n) is 12.4. The van der Waals surface area contributed by atoms with E-state index in [9.17, 15) is 14.3 Å². The Balaban J connectivity index is 1.52. The van der Waals surface area contributed by atoms with E-state index in [-0.39, 0.29) is 11.7 Å². The van der Waals surface area contributed by atoms with Crippen molar-refractivity contribution in [1.82, 2.24) is 9.47 Å². The van der Waals surface area contributed by atoms with Crippen LogP contribution in [0.25, 0.3) is 21.7 Å². The normalized spacial score (nSPS) is 11.4. The minimum absolute atomic E-state index is 0.279. The minimum Gasteiger partial charge on any atom is -0.493 e. The van der Waals surface area contributed by atoms with Crippen LogP contribution in [0.1, 0.15) is 31.2 Å². The van der Waals surface area contributed by atoms with E-state index in [1.54, 1.807) is 6.07 Å². The van der Waals surface area contributed by atoms with Gasteiger partial charge in [-0.1, -0.05) is 42.8 Å². The van der Waals surface area contributed by atoms with Crippen molar-refractivity contribution >= 4 is 27.8 Å². The summed E-state index contributed by atoms with van der Waals surface area (Å²) >= 11 is 0. The first kappa shape index (κ1) is 25.5. The third kappa shape index (κ3) is 6.15. The van der Waals surface area contributed by atoms with Crippen molar-refractivity contribution in [3.8, 4) is 11.6 Å². The van der Waals surface area contributed by atoms with E-state index >= 15 is 0 Å². The summed E-state index contributed by atoms with van der Waals surface area (Å²) in [6.07, 6.45) is 2.77. The molecule has 1 heterocycles. The molecule has 4 aromatic rings. The van der Waals surface area contributed by atoms with Gasteiger partial charge >= 0.3 is 6.16 Å². The van der Waals surface area contributed by atoms with Crippen molar-refractivity contribution in [2.45, 2.75) is 38.6 Å². The number of benzene rings is 3. The molecule has 0 spiro atoms. The average Bonchev–Trinajstić information content (AvgIpc) is 3.12. The lowest BCUT2D eigenvalue weighted by atomic mass is 10.1. The second-order valence-electron chi connectivity index (χ2n) is 9.26. The van der Waals surface area contributed by atoms with E-state index in [1.165, 1.54) is 12.1 Å². The highest BCUT2D eigenvalue weighted by Crippen LogP contribution is 2.35. The predicted molar refractivity (Wildman–Crippen MR) is 141 cm³/mol. The molecule has 6 nitrogen and oxygen atoms in total. The van der Waals surface area contributed by atoms with Gasteiger partial charge in [0.2, 0.25) is 5.88 Å². The third-order valence-corrected chi connectivity index (χ3v) is 6.33. The highest BCUT2D eigenvalue weighted by molar-refractivity contribution is 5.88. The number of carbonyl (C=O) groups is 1. The van der Waals surface area contributed by atoms with Gasteiger partial charge in [-0.2, -0.15) is 0 Å². The van der Waals surface area contributed by atoms with Crippen LogP contribution in [0.4, 0.5) is 9.18 Å². The maximum Gasteiger partial charge on any atom is 0.512 e. The van der Waals surface area contributed by atoms with E-state index in [2.05, 4.69) is 4.90 Å². The predicted octanol–water partition coefficient (Wildman–Crippen LogP) is 6.73. The lowest BCUT2D eigenvalue weighted by molar-refractivity contribution is 0.140. The van der Waals surface area contributed by atoms with Crippen molar-refractivity contribution < 1.29 is 23.8 Å². The minimum atomic E-state index is -1.37. The summed E-state index contributed by atoms with van der Waals surface area (Å²) in [6.45, 7) is 1.92. The van der Waals surface area contributed by atoms with Gasteiger partial charge in [-0.05, 0) is 76.0 Å². The molecule has 0 saturated heterocycles. The number of halogens is 1. The fourth-order valence-corrected chi connectivity index (χ4v) is 4.67. The summed E-state index contributed by atoms with van der Waals surface area (Å²) in [4.78, 5) is 13.7. The molecule has 0 saturated carbocycles. The smallest absolute Gasteiger partial charge is 0.493 e. The zero-order valence-electron chi connectivity index (χ0n) is 20.9. The first-order chi connectivity index (χ1) is 17.4. The molecule has 3 aromatic carbocycles. The summed E-state index contributed by atoms with van der Waals surface area (Å²) in [5, 5.41) is 12.3. The van der Waals surface area contributed by atoms with Crippen molar-refractivity contribution in [2.24, 2.45) is 0 Å². The summed E-state index contributed by atoms with van der Waals surface area (Å²) < 4.78 is 27.4. The molecule has 1 aromatic heterocycles. The lowest BCUT2D eigenvalue weighted by Crippen LogP contribution is -2.13. The SMILES string of the molecule is CN(C)CCCCCc1c(OC(=O)O)n(CCCOc2cccc3ccccc23)c2ccc(F)cc12. The molecule has 1 N–H and O–H groups in total. The molecule has 4 rings (SSSR count). The van der Waals surface area contributed by atoms with Crippen molar-refractivity contribution in [3.05, 3.63) is 72.0 Å². The molecule has 7 heteroatoms. The number of ether oxygens (including phenoxy) is 2. The van der Waals surface area contributed by atoms with Crippen LogP contribution in [0, 0.1) is 5.82 Å². The molecule has 0 bridgehead atoms. The molecule has 0 aliphatic heterocycles. The molecule has 0 amide bonds. The Labute approximate surface area is 210 Å². The lowest BCUT2D eigenvalue weighted by Gasteiger charge is -2.13. The van der Waals surface area contributed by atoms with Gasteiger partial charge in [0.05, 0.1) is 12.1 Å². The van der Waals surface area contributed by atoms with Crippen LogP contribution in [0.5, 0.6) is 11.6 Å². The number of aryl methyl sites for hydroxylation is 2. The summed E-state index contributed by atoms with van der Waals surface area (Å²) in [5.41, 5.74) is 1.51. The average molecular weight is 493 g/mol. The zero-order valence-corrected chi connectivity index (χ0v) is 20.9. The number of unbranched alkanes of at least 4 members (excludes halogenated alkanes) is 2. The molecule has 0 aliphatic carbocycles. The van der Waals surface area contributed by atoms with E-state index < -0.39 is 6.16 Å². The summed E-state index contributed by atoms with van der Waals surface area (Å²) in [7, 11) is 4.08. The number of rotatable bonds is 12. The van der Waals surface area contributed by atoms with Crippen LogP contribution < -0.4 is 9.47 Å². The van der Waals surface area contributed by atoms with Crippen LogP contribution in [-0.4, -0.2) is 48.0 Å². The quantitative estimate of drug-likeness (QED) is 0.175. The van der Waals surface area contributed by atoms with Crippen LogP contribution in [0.2, 0.25) is 0 Å². The maximum atomic E-state index is 14.2. The molecule has 0 aliphatic rings. The van der Waals surface area contributed by atoms with Crippen molar-refractivity contribution in [2.75, 3.05) is 27.2 Å².